The van der Waals surface area contributed by atoms with E-state index in [9.17, 15) is 22.4 Å². The van der Waals surface area contributed by atoms with Crippen molar-refractivity contribution in [3.63, 3.8) is 0 Å². The fourth-order valence-corrected chi connectivity index (χ4v) is 3.23. The minimum absolute atomic E-state index is 0.000973. The number of aromatic nitrogens is 1. The monoisotopic (exact) mass is 469 g/mol. The van der Waals surface area contributed by atoms with Crippen LogP contribution in [0.5, 0.6) is 5.88 Å². The standard InChI is InChI=1S/C16H22FN3O3S.C2HF3O2/c1-22-16(21)13-4-6-20(7-5-13)24-14-2-3-15(19-10-14)23-11-12(8-17)9-18;3-2(4,5)1(6)7/h2-3,8,10,13H,4-7,9,11,18H2,1H3;(H,6,7)/b12-8+;. The van der Waals surface area contributed by atoms with Gasteiger partial charge in [0.25, 0.3) is 0 Å². The fraction of sp³-hybridized carbons (Fsp3) is 0.500. The van der Waals surface area contributed by atoms with E-state index >= 15 is 0 Å². The largest absolute Gasteiger partial charge is 0.490 e. The average molecular weight is 469 g/mol. The Hall–Kier alpha value is -2.38. The first kappa shape index (κ1) is 26.7. The molecule has 174 valence electrons. The molecule has 0 amide bonds. The first-order valence-electron chi connectivity index (χ1n) is 8.98. The van der Waals surface area contributed by atoms with Crippen molar-refractivity contribution in [3.05, 3.63) is 30.2 Å². The first-order valence-corrected chi connectivity index (χ1v) is 9.76. The Morgan fingerprint density at radius 3 is 2.39 bits per heavy atom. The maximum atomic E-state index is 12.4. The fourth-order valence-electron chi connectivity index (χ4n) is 2.31. The summed E-state index contributed by atoms with van der Waals surface area (Å²) in [6, 6.07) is 3.65. The molecule has 0 unspecified atom stereocenters. The lowest BCUT2D eigenvalue weighted by Gasteiger charge is -2.29. The van der Waals surface area contributed by atoms with Crippen LogP contribution >= 0.6 is 11.9 Å². The van der Waals surface area contributed by atoms with Crippen LogP contribution in [-0.4, -0.2) is 65.9 Å². The summed E-state index contributed by atoms with van der Waals surface area (Å²) in [5, 5.41) is 7.12. The van der Waals surface area contributed by atoms with Crippen molar-refractivity contribution in [1.82, 2.24) is 9.29 Å². The summed E-state index contributed by atoms with van der Waals surface area (Å²) in [7, 11) is 1.43. The van der Waals surface area contributed by atoms with Crippen molar-refractivity contribution in [3.8, 4) is 5.88 Å². The molecule has 1 aromatic heterocycles. The highest BCUT2D eigenvalue weighted by molar-refractivity contribution is 7.97. The van der Waals surface area contributed by atoms with Crippen molar-refractivity contribution in [1.29, 1.82) is 0 Å². The summed E-state index contributed by atoms with van der Waals surface area (Å²) in [4.78, 5) is 25.6. The molecule has 0 saturated carbocycles. The molecule has 1 aromatic rings. The van der Waals surface area contributed by atoms with Crippen LogP contribution < -0.4 is 10.5 Å². The number of hydrogen-bond acceptors (Lipinski definition) is 8. The third-order valence-electron chi connectivity index (χ3n) is 4.00. The molecule has 13 heteroatoms. The van der Waals surface area contributed by atoms with Crippen molar-refractivity contribution < 1.29 is 41.7 Å². The SMILES string of the molecule is COC(=O)C1CCN(Sc2ccc(OC/C(=C/F)CN)nc2)CC1.O=C(O)C(F)(F)F. The molecule has 8 nitrogen and oxygen atoms in total. The van der Waals surface area contributed by atoms with Crippen LogP contribution in [0, 0.1) is 5.92 Å². The van der Waals surface area contributed by atoms with E-state index in [0.717, 1.165) is 30.8 Å². The van der Waals surface area contributed by atoms with E-state index < -0.39 is 12.1 Å². The lowest BCUT2D eigenvalue weighted by Crippen LogP contribution is -2.32. The van der Waals surface area contributed by atoms with Gasteiger partial charge in [-0.25, -0.2) is 18.5 Å². The van der Waals surface area contributed by atoms with E-state index in [1.807, 2.05) is 6.07 Å². The lowest BCUT2D eigenvalue weighted by molar-refractivity contribution is -0.192. The van der Waals surface area contributed by atoms with Crippen LogP contribution in [0.2, 0.25) is 0 Å². The van der Waals surface area contributed by atoms with Crippen LogP contribution in [0.25, 0.3) is 0 Å². The van der Waals surface area contributed by atoms with Gasteiger partial charge in [-0.05, 0) is 30.9 Å². The summed E-state index contributed by atoms with van der Waals surface area (Å²) in [5.41, 5.74) is 5.74. The van der Waals surface area contributed by atoms with E-state index in [4.69, 9.17) is 25.1 Å². The molecule has 0 bridgehead atoms. The highest BCUT2D eigenvalue weighted by atomic mass is 32.2. The minimum Gasteiger partial charge on any atom is -0.475 e. The van der Waals surface area contributed by atoms with Gasteiger partial charge in [-0.1, -0.05) is 0 Å². The molecule has 2 heterocycles. The summed E-state index contributed by atoms with van der Waals surface area (Å²) in [6.45, 7) is 1.85. The Bertz CT molecular complexity index is 739. The number of carbonyl (C=O) groups is 2. The quantitative estimate of drug-likeness (QED) is 0.353. The van der Waals surface area contributed by atoms with Crippen molar-refractivity contribution in [2.75, 3.05) is 33.4 Å². The van der Waals surface area contributed by atoms with Gasteiger partial charge in [-0.2, -0.15) is 13.2 Å². The third kappa shape index (κ3) is 9.98. The molecule has 0 aliphatic carbocycles. The number of carboxylic acids is 1. The Labute approximate surface area is 180 Å². The molecule has 1 aliphatic heterocycles. The number of aliphatic carboxylic acids is 1. The number of piperidine rings is 1. The first-order chi connectivity index (χ1) is 14.6. The number of halogens is 4. The van der Waals surface area contributed by atoms with Crippen LogP contribution in [0.3, 0.4) is 0 Å². The number of carbonyl (C=O) groups excluding carboxylic acids is 1. The summed E-state index contributed by atoms with van der Waals surface area (Å²) >= 11 is 1.60. The predicted molar refractivity (Wildman–Crippen MR) is 104 cm³/mol. The Kier molecular flexibility index (Phi) is 11.3. The van der Waals surface area contributed by atoms with Crippen molar-refractivity contribution in [2.45, 2.75) is 23.9 Å². The van der Waals surface area contributed by atoms with E-state index in [0.29, 0.717) is 17.8 Å². The predicted octanol–water partition coefficient (Wildman–Crippen LogP) is 2.80. The van der Waals surface area contributed by atoms with Crippen LogP contribution in [0.15, 0.2) is 35.1 Å². The number of alkyl halides is 3. The van der Waals surface area contributed by atoms with Gasteiger partial charge in [0.1, 0.15) is 6.61 Å². The molecular weight excluding hydrogens is 446 g/mol. The molecule has 1 fully saturated rings. The summed E-state index contributed by atoms with van der Waals surface area (Å²) in [6.07, 6.45) is -1.31. The highest BCUT2D eigenvalue weighted by Crippen LogP contribution is 2.29. The molecule has 2 rings (SSSR count). The second-order valence-corrected chi connectivity index (χ2v) is 7.38. The topological polar surface area (TPSA) is 115 Å². The number of carboxylic acid groups (broad SMARTS) is 1. The molecule has 0 spiro atoms. The van der Waals surface area contributed by atoms with E-state index in [1.54, 1.807) is 24.2 Å². The van der Waals surface area contributed by atoms with Gasteiger partial charge in [0.15, 0.2) is 0 Å². The molecule has 3 N–H and O–H groups in total. The highest BCUT2D eigenvalue weighted by Gasteiger charge is 2.38. The minimum atomic E-state index is -5.08. The van der Waals surface area contributed by atoms with Gasteiger partial charge in [0.2, 0.25) is 5.88 Å². The average Bonchev–Trinajstić information content (AvgIpc) is 2.75. The number of esters is 1. The van der Waals surface area contributed by atoms with Gasteiger partial charge in [-0.15, -0.1) is 0 Å². The maximum absolute atomic E-state index is 12.4. The van der Waals surface area contributed by atoms with E-state index in [1.165, 1.54) is 7.11 Å². The summed E-state index contributed by atoms with van der Waals surface area (Å²) < 4.78 is 56.5. The zero-order valence-corrected chi connectivity index (χ0v) is 17.4. The number of methoxy groups -OCH3 is 1. The summed E-state index contributed by atoms with van der Waals surface area (Å²) in [5.74, 6) is -2.45. The zero-order chi connectivity index (χ0) is 23.4. The Morgan fingerprint density at radius 2 is 1.97 bits per heavy atom. The molecular formula is C18H23F4N3O5S. The zero-order valence-electron chi connectivity index (χ0n) is 16.6. The van der Waals surface area contributed by atoms with Crippen LogP contribution in [0.4, 0.5) is 17.6 Å². The Morgan fingerprint density at radius 1 is 1.35 bits per heavy atom. The smallest absolute Gasteiger partial charge is 0.475 e. The molecule has 1 saturated heterocycles. The maximum Gasteiger partial charge on any atom is 0.490 e. The van der Waals surface area contributed by atoms with Gasteiger partial charge >= 0.3 is 18.1 Å². The lowest BCUT2D eigenvalue weighted by atomic mass is 9.99. The number of rotatable bonds is 7. The second-order valence-electron chi connectivity index (χ2n) is 6.21. The van der Waals surface area contributed by atoms with Crippen LogP contribution in [-0.2, 0) is 14.3 Å². The van der Waals surface area contributed by atoms with Gasteiger partial charge < -0.3 is 20.3 Å². The van der Waals surface area contributed by atoms with E-state index in [-0.39, 0.29) is 25.0 Å². The molecule has 0 atom stereocenters. The molecule has 31 heavy (non-hydrogen) atoms. The van der Waals surface area contributed by atoms with Crippen LogP contribution in [0.1, 0.15) is 12.8 Å². The number of pyridine rings is 1. The third-order valence-corrected chi connectivity index (χ3v) is 5.07. The number of hydrogen-bond donors (Lipinski definition) is 2. The molecule has 1 aliphatic rings. The van der Waals surface area contributed by atoms with Gasteiger partial charge in [-0.3, -0.25) is 4.79 Å². The normalized spacial score (nSPS) is 15.6. The number of nitrogens with zero attached hydrogens (tertiary/aromatic N) is 2. The molecule has 0 radical (unpaired) electrons. The van der Waals surface area contributed by atoms with E-state index in [2.05, 4.69) is 9.29 Å². The van der Waals surface area contributed by atoms with Gasteiger partial charge in [0.05, 0.1) is 19.4 Å². The van der Waals surface area contributed by atoms with Crippen molar-refractivity contribution >= 4 is 23.9 Å². The number of nitrogens with two attached hydrogens (primary N) is 1. The Balaban J connectivity index is 0.000000592. The van der Waals surface area contributed by atoms with Gasteiger partial charge in [0, 0.05) is 42.4 Å². The molecule has 0 aromatic carbocycles. The van der Waals surface area contributed by atoms with Crippen molar-refractivity contribution in [2.24, 2.45) is 11.7 Å². The number of ether oxygens (including phenoxy) is 2. The second kappa shape index (κ2) is 13.1.